The molecule has 0 fully saturated rings. The summed E-state index contributed by atoms with van der Waals surface area (Å²) in [5.41, 5.74) is 1.71. The molecule has 4 heteroatoms. The third kappa shape index (κ3) is 4.14. The van der Waals surface area contributed by atoms with Crippen molar-refractivity contribution in [3.8, 4) is 11.8 Å². The van der Waals surface area contributed by atoms with Gasteiger partial charge in [-0.3, -0.25) is 4.79 Å². The number of hydrogen-bond donors (Lipinski definition) is 0. The molecule has 0 aliphatic carbocycles. The summed E-state index contributed by atoms with van der Waals surface area (Å²) in [6.07, 6.45) is 0.126. The third-order valence-electron chi connectivity index (χ3n) is 3.93. The fourth-order valence-corrected chi connectivity index (χ4v) is 2.84. The Bertz CT molecular complexity index is 706. The van der Waals surface area contributed by atoms with Crippen LogP contribution in [-0.4, -0.2) is 19.7 Å². The fraction of sp³-hybridized carbons (Fsp3) is 0.300. The number of esters is 1. The Labute approximate surface area is 142 Å². The number of methoxy groups -OCH3 is 1. The lowest BCUT2D eigenvalue weighted by Gasteiger charge is -2.24. The summed E-state index contributed by atoms with van der Waals surface area (Å²) in [5, 5.41) is 9.77. The zero-order chi connectivity index (χ0) is 17.4. The van der Waals surface area contributed by atoms with Crippen molar-refractivity contribution in [2.45, 2.75) is 25.2 Å². The predicted molar refractivity (Wildman–Crippen MR) is 91.8 cm³/mol. The van der Waals surface area contributed by atoms with Gasteiger partial charge in [-0.25, -0.2) is 0 Å². The number of nitrogens with zero attached hydrogens (tertiary/aromatic N) is 1. The smallest absolute Gasteiger partial charge is 0.306 e. The van der Waals surface area contributed by atoms with Gasteiger partial charge in [-0.15, -0.1) is 0 Å². The van der Waals surface area contributed by atoms with Gasteiger partial charge in [0.1, 0.15) is 5.75 Å². The van der Waals surface area contributed by atoms with E-state index in [1.165, 1.54) is 0 Å². The summed E-state index contributed by atoms with van der Waals surface area (Å²) in [6.45, 7) is 2.09. The van der Waals surface area contributed by atoms with Gasteiger partial charge in [0, 0.05) is 5.92 Å². The minimum Gasteiger partial charge on any atom is -0.496 e. The number of rotatable bonds is 7. The molecule has 2 unspecified atom stereocenters. The molecule has 2 aromatic rings. The molecule has 2 aromatic carbocycles. The number of nitriles is 1. The molecule has 124 valence electrons. The largest absolute Gasteiger partial charge is 0.496 e. The fourth-order valence-electron chi connectivity index (χ4n) is 2.84. The Hall–Kier alpha value is -2.80. The Morgan fingerprint density at radius 2 is 1.79 bits per heavy atom. The van der Waals surface area contributed by atoms with Crippen LogP contribution in [0.5, 0.6) is 5.75 Å². The summed E-state index contributed by atoms with van der Waals surface area (Å²) >= 11 is 0. The van der Waals surface area contributed by atoms with Crippen molar-refractivity contribution in [1.82, 2.24) is 0 Å². The lowest BCUT2D eigenvalue weighted by atomic mass is 9.80. The molecule has 0 aromatic heterocycles. The van der Waals surface area contributed by atoms with Crippen LogP contribution in [0.25, 0.3) is 0 Å². The molecule has 2 rings (SSSR count). The lowest BCUT2D eigenvalue weighted by molar-refractivity contribution is -0.143. The van der Waals surface area contributed by atoms with Crippen LogP contribution in [-0.2, 0) is 9.53 Å². The molecule has 24 heavy (non-hydrogen) atoms. The lowest BCUT2D eigenvalue weighted by Crippen LogP contribution is -2.17. The zero-order valence-corrected chi connectivity index (χ0v) is 13.9. The number of hydrogen-bond acceptors (Lipinski definition) is 4. The minimum absolute atomic E-state index is 0.126. The van der Waals surface area contributed by atoms with E-state index >= 15 is 0 Å². The van der Waals surface area contributed by atoms with E-state index < -0.39 is 5.92 Å². The van der Waals surface area contributed by atoms with Crippen LogP contribution in [0, 0.1) is 11.3 Å². The van der Waals surface area contributed by atoms with E-state index in [1.54, 1.807) is 14.0 Å². The Kier molecular flexibility index (Phi) is 6.39. The highest BCUT2D eigenvalue weighted by Crippen LogP contribution is 2.39. The maximum Gasteiger partial charge on any atom is 0.306 e. The third-order valence-corrected chi connectivity index (χ3v) is 3.93. The van der Waals surface area contributed by atoms with Gasteiger partial charge in [0.15, 0.2) is 0 Å². The van der Waals surface area contributed by atoms with Crippen molar-refractivity contribution in [1.29, 1.82) is 5.26 Å². The van der Waals surface area contributed by atoms with E-state index in [1.807, 2.05) is 54.6 Å². The van der Waals surface area contributed by atoms with E-state index in [9.17, 15) is 10.1 Å². The number of ether oxygens (including phenoxy) is 2. The second kappa shape index (κ2) is 8.73. The van der Waals surface area contributed by atoms with Crippen LogP contribution in [0.3, 0.4) is 0 Å². The van der Waals surface area contributed by atoms with Gasteiger partial charge in [0.2, 0.25) is 0 Å². The molecule has 0 saturated heterocycles. The van der Waals surface area contributed by atoms with Crippen LogP contribution in [0.15, 0.2) is 54.6 Å². The summed E-state index contributed by atoms with van der Waals surface area (Å²) in [5.74, 6) is -0.452. The molecular weight excluding hydrogens is 302 g/mol. The topological polar surface area (TPSA) is 59.3 Å². The van der Waals surface area contributed by atoms with E-state index in [4.69, 9.17) is 9.47 Å². The van der Waals surface area contributed by atoms with Crippen LogP contribution in [0.1, 0.15) is 36.3 Å². The molecule has 0 heterocycles. The average Bonchev–Trinajstić information content (AvgIpc) is 2.62. The van der Waals surface area contributed by atoms with E-state index in [0.717, 1.165) is 11.1 Å². The number of carbonyl (C=O) groups excluding carboxylic acids is 1. The zero-order valence-electron chi connectivity index (χ0n) is 13.9. The number of carbonyl (C=O) groups is 1. The second-order valence-corrected chi connectivity index (χ2v) is 5.38. The summed E-state index contributed by atoms with van der Waals surface area (Å²) in [4.78, 5) is 12.1. The van der Waals surface area contributed by atoms with Gasteiger partial charge < -0.3 is 9.47 Å². The molecule has 0 aliphatic rings. The Balaban J connectivity index is 2.45. The monoisotopic (exact) mass is 323 g/mol. The first kappa shape index (κ1) is 17.6. The van der Waals surface area contributed by atoms with Crippen molar-refractivity contribution in [2.24, 2.45) is 0 Å². The second-order valence-electron chi connectivity index (χ2n) is 5.38. The SMILES string of the molecule is CCOC(=O)CC(c1ccccc1OC)C(C#N)c1ccccc1. The molecular formula is C20H21NO3. The van der Waals surface area contributed by atoms with Gasteiger partial charge in [0.05, 0.1) is 32.1 Å². The highest BCUT2D eigenvalue weighted by atomic mass is 16.5. The summed E-state index contributed by atoms with van der Waals surface area (Å²) in [7, 11) is 1.59. The predicted octanol–water partition coefficient (Wildman–Crippen LogP) is 4.04. The molecule has 0 bridgehead atoms. The van der Waals surface area contributed by atoms with E-state index in [2.05, 4.69) is 6.07 Å². The van der Waals surface area contributed by atoms with Crippen LogP contribution < -0.4 is 4.74 Å². The van der Waals surface area contributed by atoms with Crippen molar-refractivity contribution in [3.05, 3.63) is 65.7 Å². The quantitative estimate of drug-likeness (QED) is 0.722. The van der Waals surface area contributed by atoms with Crippen molar-refractivity contribution in [2.75, 3.05) is 13.7 Å². The minimum atomic E-state index is -0.466. The molecule has 0 aliphatic heterocycles. The van der Waals surface area contributed by atoms with Crippen LogP contribution in [0.4, 0.5) is 0 Å². The molecule has 0 saturated carbocycles. The molecule has 0 amide bonds. The van der Waals surface area contributed by atoms with E-state index in [0.29, 0.717) is 12.4 Å². The Morgan fingerprint density at radius 3 is 2.42 bits per heavy atom. The highest BCUT2D eigenvalue weighted by Gasteiger charge is 2.29. The number of para-hydroxylation sites is 1. The first-order valence-electron chi connectivity index (χ1n) is 7.94. The maximum absolute atomic E-state index is 12.1. The summed E-state index contributed by atoms with van der Waals surface area (Å²) in [6, 6.07) is 19.3. The van der Waals surface area contributed by atoms with Gasteiger partial charge in [-0.2, -0.15) is 5.26 Å². The van der Waals surface area contributed by atoms with Gasteiger partial charge in [-0.1, -0.05) is 48.5 Å². The first-order valence-corrected chi connectivity index (χ1v) is 7.94. The molecule has 0 spiro atoms. The summed E-state index contributed by atoms with van der Waals surface area (Å²) < 4.78 is 10.5. The maximum atomic E-state index is 12.1. The molecule has 0 radical (unpaired) electrons. The van der Waals surface area contributed by atoms with Crippen molar-refractivity contribution >= 4 is 5.97 Å². The number of benzene rings is 2. The average molecular weight is 323 g/mol. The Morgan fingerprint density at radius 1 is 1.12 bits per heavy atom. The molecule has 2 atom stereocenters. The van der Waals surface area contributed by atoms with Crippen LogP contribution >= 0.6 is 0 Å². The molecule has 4 nitrogen and oxygen atoms in total. The standard InChI is InChI=1S/C20H21NO3/c1-3-24-20(22)13-17(16-11-7-8-12-19(16)23-2)18(14-21)15-9-5-4-6-10-15/h4-12,17-18H,3,13H2,1-2H3. The highest BCUT2D eigenvalue weighted by molar-refractivity contribution is 5.71. The normalized spacial score (nSPS) is 12.7. The van der Waals surface area contributed by atoms with E-state index in [-0.39, 0.29) is 18.3 Å². The van der Waals surface area contributed by atoms with Crippen molar-refractivity contribution in [3.63, 3.8) is 0 Å². The van der Waals surface area contributed by atoms with Gasteiger partial charge in [-0.05, 0) is 24.1 Å². The van der Waals surface area contributed by atoms with Gasteiger partial charge in [0.25, 0.3) is 0 Å². The first-order chi connectivity index (χ1) is 11.7. The van der Waals surface area contributed by atoms with Crippen molar-refractivity contribution < 1.29 is 14.3 Å². The van der Waals surface area contributed by atoms with Gasteiger partial charge >= 0.3 is 5.97 Å². The van der Waals surface area contributed by atoms with Crippen LogP contribution in [0.2, 0.25) is 0 Å². The molecule has 0 N–H and O–H groups in total.